The number of rotatable bonds is 7. The number of hydrogen-bond acceptors (Lipinski definition) is 4. The minimum Gasteiger partial charge on any atom is -0.492 e. The minimum absolute atomic E-state index is 0.289. The van der Waals surface area contributed by atoms with E-state index in [4.69, 9.17) is 9.15 Å². The standard InChI is InChI=1S/C18H22FNO3/c19-14-4-1-6-16(12-14)22-11-9-20-8-2-5-15(20)13-17(21)18-7-3-10-23-18/h1,3-4,6-7,10,12,15,17,21H,2,5,8-9,11,13H2. The zero-order valence-corrected chi connectivity index (χ0v) is 13.0. The third-order valence-electron chi connectivity index (χ3n) is 4.31. The van der Waals surface area contributed by atoms with Gasteiger partial charge in [0.15, 0.2) is 0 Å². The van der Waals surface area contributed by atoms with Crippen LogP contribution < -0.4 is 4.74 Å². The molecule has 1 aliphatic rings. The van der Waals surface area contributed by atoms with Crippen molar-refractivity contribution in [1.82, 2.24) is 4.90 Å². The van der Waals surface area contributed by atoms with Gasteiger partial charge < -0.3 is 14.3 Å². The van der Waals surface area contributed by atoms with Crippen LogP contribution in [0, 0.1) is 5.82 Å². The molecule has 23 heavy (non-hydrogen) atoms. The summed E-state index contributed by atoms with van der Waals surface area (Å²) in [7, 11) is 0. The van der Waals surface area contributed by atoms with Gasteiger partial charge in [0, 0.05) is 18.7 Å². The van der Waals surface area contributed by atoms with E-state index < -0.39 is 6.10 Å². The van der Waals surface area contributed by atoms with E-state index in [0.717, 1.165) is 25.9 Å². The fourth-order valence-electron chi connectivity index (χ4n) is 3.15. The molecule has 1 aromatic carbocycles. The molecule has 0 spiro atoms. The summed E-state index contributed by atoms with van der Waals surface area (Å²) in [6.07, 6.45) is 3.86. The molecule has 2 heterocycles. The van der Waals surface area contributed by atoms with Gasteiger partial charge in [-0.1, -0.05) is 6.07 Å². The molecular weight excluding hydrogens is 297 g/mol. The first-order valence-corrected chi connectivity index (χ1v) is 8.06. The second-order valence-corrected chi connectivity index (χ2v) is 5.90. The van der Waals surface area contributed by atoms with E-state index in [2.05, 4.69) is 4.90 Å². The molecule has 1 aliphatic heterocycles. The van der Waals surface area contributed by atoms with E-state index in [1.807, 2.05) is 0 Å². The normalized spacial score (nSPS) is 19.8. The lowest BCUT2D eigenvalue weighted by atomic mass is 10.1. The Balaban J connectivity index is 1.47. The van der Waals surface area contributed by atoms with Crippen LogP contribution in [0.1, 0.15) is 31.1 Å². The van der Waals surface area contributed by atoms with Gasteiger partial charge in [-0.05, 0) is 50.1 Å². The highest BCUT2D eigenvalue weighted by Crippen LogP contribution is 2.27. The van der Waals surface area contributed by atoms with Crippen LogP contribution in [0.4, 0.5) is 4.39 Å². The predicted octanol–water partition coefficient (Wildman–Crippen LogP) is 3.39. The number of benzene rings is 1. The average Bonchev–Trinajstić information content (AvgIpc) is 3.19. The Morgan fingerprint density at radius 3 is 3.04 bits per heavy atom. The van der Waals surface area contributed by atoms with Crippen molar-refractivity contribution in [3.8, 4) is 5.75 Å². The van der Waals surface area contributed by atoms with Crippen LogP contribution in [0.25, 0.3) is 0 Å². The van der Waals surface area contributed by atoms with E-state index in [0.29, 0.717) is 30.6 Å². The number of aliphatic hydroxyl groups excluding tert-OH is 1. The van der Waals surface area contributed by atoms with Gasteiger partial charge in [-0.25, -0.2) is 4.39 Å². The van der Waals surface area contributed by atoms with Crippen molar-refractivity contribution in [3.05, 3.63) is 54.2 Å². The van der Waals surface area contributed by atoms with E-state index in [1.165, 1.54) is 12.1 Å². The predicted molar refractivity (Wildman–Crippen MR) is 84.8 cm³/mol. The van der Waals surface area contributed by atoms with E-state index >= 15 is 0 Å². The molecule has 2 unspecified atom stereocenters. The maximum absolute atomic E-state index is 13.1. The summed E-state index contributed by atoms with van der Waals surface area (Å²) < 4.78 is 24.0. The second-order valence-electron chi connectivity index (χ2n) is 5.90. The summed E-state index contributed by atoms with van der Waals surface area (Å²) in [6, 6.07) is 10.1. The van der Waals surface area contributed by atoms with E-state index in [1.54, 1.807) is 30.5 Å². The molecule has 3 rings (SSSR count). The molecule has 0 radical (unpaired) electrons. The quantitative estimate of drug-likeness (QED) is 0.850. The lowest BCUT2D eigenvalue weighted by Gasteiger charge is -2.25. The Kier molecular flexibility index (Phi) is 5.31. The minimum atomic E-state index is -0.570. The largest absolute Gasteiger partial charge is 0.492 e. The van der Waals surface area contributed by atoms with Crippen molar-refractivity contribution in [2.75, 3.05) is 19.7 Å². The van der Waals surface area contributed by atoms with Crippen molar-refractivity contribution < 1.29 is 18.7 Å². The topological polar surface area (TPSA) is 45.8 Å². The number of likely N-dealkylation sites (tertiary alicyclic amines) is 1. The van der Waals surface area contributed by atoms with Crippen LogP contribution in [-0.4, -0.2) is 35.7 Å². The summed E-state index contributed by atoms with van der Waals surface area (Å²) in [5.74, 6) is 0.882. The Bertz CT molecular complexity index is 602. The van der Waals surface area contributed by atoms with Crippen LogP contribution in [0.15, 0.2) is 47.1 Å². The molecule has 2 aromatic rings. The van der Waals surface area contributed by atoms with Crippen LogP contribution in [-0.2, 0) is 0 Å². The molecule has 2 atom stereocenters. The number of ether oxygens (including phenoxy) is 1. The number of furan rings is 1. The third kappa shape index (κ3) is 4.33. The van der Waals surface area contributed by atoms with Gasteiger partial charge >= 0.3 is 0 Å². The highest BCUT2D eigenvalue weighted by atomic mass is 19.1. The summed E-state index contributed by atoms with van der Waals surface area (Å²) in [6.45, 7) is 2.28. The smallest absolute Gasteiger partial charge is 0.132 e. The van der Waals surface area contributed by atoms with Crippen molar-refractivity contribution in [3.63, 3.8) is 0 Å². The van der Waals surface area contributed by atoms with Crippen molar-refractivity contribution in [1.29, 1.82) is 0 Å². The first-order valence-electron chi connectivity index (χ1n) is 8.06. The molecule has 0 aliphatic carbocycles. The van der Waals surface area contributed by atoms with Crippen LogP contribution in [0.3, 0.4) is 0 Å². The highest BCUT2D eigenvalue weighted by molar-refractivity contribution is 5.22. The molecule has 0 bridgehead atoms. The highest BCUT2D eigenvalue weighted by Gasteiger charge is 2.27. The molecule has 0 amide bonds. The third-order valence-corrected chi connectivity index (χ3v) is 4.31. The maximum atomic E-state index is 13.1. The number of halogens is 1. The number of aliphatic hydroxyl groups is 1. The van der Waals surface area contributed by atoms with Crippen LogP contribution >= 0.6 is 0 Å². The van der Waals surface area contributed by atoms with Gasteiger partial charge in [-0.15, -0.1) is 0 Å². The molecule has 1 aromatic heterocycles. The van der Waals surface area contributed by atoms with Gasteiger partial charge in [0.25, 0.3) is 0 Å². The van der Waals surface area contributed by atoms with Gasteiger partial charge in [0.2, 0.25) is 0 Å². The van der Waals surface area contributed by atoms with E-state index in [9.17, 15) is 9.50 Å². The fourth-order valence-corrected chi connectivity index (χ4v) is 3.15. The SMILES string of the molecule is OC(CC1CCCN1CCOc1cccc(F)c1)c1ccco1. The average molecular weight is 319 g/mol. The lowest BCUT2D eigenvalue weighted by Crippen LogP contribution is -2.34. The molecule has 4 nitrogen and oxygen atoms in total. The van der Waals surface area contributed by atoms with Gasteiger partial charge in [-0.3, -0.25) is 4.90 Å². The lowest BCUT2D eigenvalue weighted by molar-refractivity contribution is 0.0961. The Hall–Kier alpha value is -1.85. The number of hydrogen-bond donors (Lipinski definition) is 1. The van der Waals surface area contributed by atoms with Crippen LogP contribution in [0.2, 0.25) is 0 Å². The van der Waals surface area contributed by atoms with Crippen molar-refractivity contribution >= 4 is 0 Å². The Morgan fingerprint density at radius 2 is 2.26 bits per heavy atom. The molecule has 1 N–H and O–H groups in total. The molecule has 1 fully saturated rings. The Labute approximate surface area is 135 Å². The molecular formula is C18H22FNO3. The molecule has 0 saturated carbocycles. The molecule has 124 valence electrons. The van der Waals surface area contributed by atoms with Gasteiger partial charge in [0.1, 0.15) is 30.0 Å². The summed E-state index contributed by atoms with van der Waals surface area (Å²) in [5, 5.41) is 10.2. The fraction of sp³-hybridized carbons (Fsp3) is 0.444. The maximum Gasteiger partial charge on any atom is 0.132 e. The Morgan fingerprint density at radius 1 is 1.35 bits per heavy atom. The first-order chi connectivity index (χ1) is 11.2. The summed E-state index contributed by atoms with van der Waals surface area (Å²) >= 11 is 0. The second kappa shape index (κ2) is 7.62. The number of nitrogens with zero attached hydrogens (tertiary/aromatic N) is 1. The van der Waals surface area contributed by atoms with E-state index in [-0.39, 0.29) is 5.82 Å². The van der Waals surface area contributed by atoms with Crippen molar-refractivity contribution in [2.45, 2.75) is 31.4 Å². The van der Waals surface area contributed by atoms with Crippen molar-refractivity contribution in [2.24, 2.45) is 0 Å². The molecule has 5 heteroatoms. The zero-order valence-electron chi connectivity index (χ0n) is 13.0. The monoisotopic (exact) mass is 319 g/mol. The van der Waals surface area contributed by atoms with Crippen LogP contribution in [0.5, 0.6) is 5.75 Å². The summed E-state index contributed by atoms with van der Waals surface area (Å²) in [4.78, 5) is 2.32. The first kappa shape index (κ1) is 16.0. The summed E-state index contributed by atoms with van der Waals surface area (Å²) in [5.41, 5.74) is 0. The van der Waals surface area contributed by atoms with Gasteiger partial charge in [-0.2, -0.15) is 0 Å². The van der Waals surface area contributed by atoms with Gasteiger partial charge in [0.05, 0.1) is 6.26 Å². The zero-order chi connectivity index (χ0) is 16.1. The molecule has 1 saturated heterocycles.